The van der Waals surface area contributed by atoms with E-state index < -0.39 is 22.5 Å². The summed E-state index contributed by atoms with van der Waals surface area (Å²) in [6, 6.07) is 14.6. The molecule has 0 fully saturated rings. The highest BCUT2D eigenvalue weighted by Crippen LogP contribution is 2.25. The number of hydrazone groups is 1. The van der Waals surface area contributed by atoms with Crippen LogP contribution in [0.4, 0.5) is 0 Å². The second-order valence-electron chi connectivity index (χ2n) is 6.90. The summed E-state index contributed by atoms with van der Waals surface area (Å²) >= 11 is 12.2. The van der Waals surface area contributed by atoms with Gasteiger partial charge in [-0.1, -0.05) is 53.0 Å². The molecule has 0 radical (unpaired) electrons. The number of aryl methyl sites for hydroxylation is 1. The lowest BCUT2D eigenvalue weighted by molar-refractivity contribution is -0.121. The minimum Gasteiger partial charge on any atom is -0.272 e. The van der Waals surface area contributed by atoms with Gasteiger partial charge in [0.15, 0.2) is 0 Å². The minimum atomic E-state index is -4.00. The Morgan fingerprint density at radius 2 is 1.91 bits per heavy atom. The molecule has 0 atom stereocenters. The molecule has 1 aromatic heterocycles. The van der Waals surface area contributed by atoms with Crippen molar-refractivity contribution in [2.24, 2.45) is 5.10 Å². The summed E-state index contributed by atoms with van der Waals surface area (Å²) in [5.74, 6) is -0.606. The van der Waals surface area contributed by atoms with Crippen LogP contribution in [0.5, 0.6) is 0 Å². The van der Waals surface area contributed by atoms with Gasteiger partial charge in [-0.2, -0.15) is 9.41 Å². The van der Waals surface area contributed by atoms with E-state index in [-0.39, 0.29) is 11.4 Å². The van der Waals surface area contributed by atoms with E-state index in [4.69, 9.17) is 23.2 Å². The first-order valence-corrected chi connectivity index (χ1v) is 11.7. The molecule has 0 unspecified atom stereocenters. The number of aromatic nitrogens is 1. The van der Waals surface area contributed by atoms with E-state index in [1.54, 1.807) is 48.8 Å². The molecule has 0 aliphatic rings. The second kappa shape index (κ2) is 10.7. The zero-order valence-corrected chi connectivity index (χ0v) is 19.4. The number of sulfonamides is 1. The Kier molecular flexibility index (Phi) is 7.98. The van der Waals surface area contributed by atoms with Crippen molar-refractivity contribution in [3.63, 3.8) is 0 Å². The van der Waals surface area contributed by atoms with Crippen molar-refractivity contribution in [2.45, 2.75) is 18.4 Å². The third-order valence-electron chi connectivity index (χ3n) is 4.43. The van der Waals surface area contributed by atoms with E-state index in [2.05, 4.69) is 15.5 Å². The van der Waals surface area contributed by atoms with E-state index in [9.17, 15) is 13.2 Å². The van der Waals surface area contributed by atoms with Gasteiger partial charge in [0.2, 0.25) is 10.0 Å². The second-order valence-corrected chi connectivity index (χ2v) is 9.68. The molecule has 0 spiro atoms. The summed E-state index contributed by atoms with van der Waals surface area (Å²) < 4.78 is 27.6. The van der Waals surface area contributed by atoms with E-state index in [1.807, 2.05) is 6.92 Å². The lowest BCUT2D eigenvalue weighted by Crippen LogP contribution is -2.39. The Morgan fingerprint density at radius 1 is 1.16 bits per heavy atom. The number of hydrogen-bond acceptors (Lipinski definition) is 5. The van der Waals surface area contributed by atoms with Crippen LogP contribution in [0, 0.1) is 6.92 Å². The lowest BCUT2D eigenvalue weighted by Gasteiger charge is -2.22. The van der Waals surface area contributed by atoms with Gasteiger partial charge in [-0.05, 0) is 42.8 Å². The van der Waals surface area contributed by atoms with Gasteiger partial charge in [-0.25, -0.2) is 13.8 Å². The van der Waals surface area contributed by atoms with Gasteiger partial charge in [0.25, 0.3) is 5.91 Å². The fourth-order valence-electron chi connectivity index (χ4n) is 2.75. The average Bonchev–Trinajstić information content (AvgIpc) is 2.76. The Morgan fingerprint density at radius 3 is 2.56 bits per heavy atom. The van der Waals surface area contributed by atoms with E-state index >= 15 is 0 Å². The summed E-state index contributed by atoms with van der Waals surface area (Å²) in [5.41, 5.74) is 4.46. The molecule has 1 heterocycles. The first-order valence-electron chi connectivity index (χ1n) is 9.48. The molecule has 3 rings (SSSR count). The van der Waals surface area contributed by atoms with E-state index in [1.165, 1.54) is 24.4 Å². The molecule has 0 aliphatic carbocycles. The van der Waals surface area contributed by atoms with Gasteiger partial charge in [0, 0.05) is 34.5 Å². The molecule has 10 heteroatoms. The number of rotatable bonds is 8. The zero-order valence-electron chi connectivity index (χ0n) is 17.1. The predicted molar refractivity (Wildman–Crippen MR) is 125 cm³/mol. The van der Waals surface area contributed by atoms with Crippen LogP contribution in [0.15, 0.2) is 77.0 Å². The molecule has 7 nitrogen and oxygen atoms in total. The number of hydrogen-bond donors (Lipinski definition) is 1. The maximum absolute atomic E-state index is 13.3. The molecule has 166 valence electrons. The number of nitrogens with one attached hydrogen (secondary N) is 1. The molecule has 3 aromatic rings. The van der Waals surface area contributed by atoms with Crippen LogP contribution in [0.3, 0.4) is 0 Å². The third kappa shape index (κ3) is 6.37. The van der Waals surface area contributed by atoms with Gasteiger partial charge < -0.3 is 0 Å². The summed E-state index contributed by atoms with van der Waals surface area (Å²) in [6.45, 7) is 1.28. The lowest BCUT2D eigenvalue weighted by atomic mass is 10.2. The van der Waals surface area contributed by atoms with Crippen LogP contribution >= 0.6 is 23.2 Å². The fourth-order valence-corrected chi connectivity index (χ4v) is 4.59. The molecule has 2 aromatic carbocycles. The quantitative estimate of drug-likeness (QED) is 0.380. The summed E-state index contributed by atoms with van der Waals surface area (Å²) in [4.78, 5) is 16.5. The van der Waals surface area contributed by atoms with Crippen molar-refractivity contribution in [1.29, 1.82) is 0 Å². The molecule has 0 saturated carbocycles. The normalized spacial score (nSPS) is 11.8. The molecular formula is C22H20Cl2N4O3S. The monoisotopic (exact) mass is 490 g/mol. The fraction of sp³-hybridized carbons (Fsp3) is 0.136. The molecule has 1 amide bonds. The highest BCUT2D eigenvalue weighted by Gasteiger charge is 2.27. The topological polar surface area (TPSA) is 91.7 Å². The first kappa shape index (κ1) is 23.9. The molecule has 0 saturated heterocycles. The summed E-state index contributed by atoms with van der Waals surface area (Å²) in [6.07, 6.45) is 4.61. The molecule has 0 aliphatic heterocycles. The number of pyridine rings is 1. The number of carbonyl (C=O) groups is 1. The first-order chi connectivity index (χ1) is 15.3. The van der Waals surface area contributed by atoms with Crippen LogP contribution in [-0.4, -0.2) is 36.4 Å². The summed E-state index contributed by atoms with van der Waals surface area (Å²) in [5, 5.41) is 4.60. The highest BCUT2D eigenvalue weighted by atomic mass is 35.5. The van der Waals surface area contributed by atoms with Gasteiger partial charge in [0.1, 0.15) is 0 Å². The van der Waals surface area contributed by atoms with Crippen LogP contribution < -0.4 is 5.43 Å². The molecule has 1 N–H and O–H groups in total. The maximum atomic E-state index is 13.3. The molecule has 0 bridgehead atoms. The van der Waals surface area contributed by atoms with Crippen molar-refractivity contribution in [2.75, 3.05) is 6.54 Å². The maximum Gasteiger partial charge on any atom is 0.255 e. The van der Waals surface area contributed by atoms with Crippen molar-refractivity contribution in [3.05, 3.63) is 93.7 Å². The number of carbonyl (C=O) groups excluding carboxylic acids is 1. The third-order valence-corrected chi connectivity index (χ3v) is 6.82. The smallest absolute Gasteiger partial charge is 0.255 e. The standard InChI is InChI=1S/C22H20Cl2N4O3S/c1-16-4-8-20(9-5-16)32(30,31)28(14-18-6-7-19(23)11-21(18)24)15-22(29)27-26-13-17-3-2-10-25-12-17/h2-13H,14-15H2,1H3,(H,27,29)/b26-13-. The SMILES string of the molecule is Cc1ccc(S(=O)(=O)N(CC(=O)N/N=C\c2cccnc2)Cc2ccc(Cl)cc2Cl)cc1. The Balaban J connectivity index is 1.83. The molecule has 32 heavy (non-hydrogen) atoms. The van der Waals surface area contributed by atoms with Gasteiger partial charge in [-0.3, -0.25) is 9.78 Å². The van der Waals surface area contributed by atoms with Crippen LogP contribution in [0.2, 0.25) is 10.0 Å². The Hall–Kier alpha value is -2.78. The van der Waals surface area contributed by atoms with Crippen molar-refractivity contribution >= 4 is 45.3 Å². The van der Waals surface area contributed by atoms with Gasteiger partial charge in [0.05, 0.1) is 17.7 Å². The van der Waals surface area contributed by atoms with Crippen molar-refractivity contribution in [3.8, 4) is 0 Å². The van der Waals surface area contributed by atoms with Gasteiger partial charge >= 0.3 is 0 Å². The van der Waals surface area contributed by atoms with Crippen LogP contribution in [0.25, 0.3) is 0 Å². The van der Waals surface area contributed by atoms with Crippen LogP contribution in [0.1, 0.15) is 16.7 Å². The highest BCUT2D eigenvalue weighted by molar-refractivity contribution is 7.89. The molecular weight excluding hydrogens is 471 g/mol. The number of benzene rings is 2. The van der Waals surface area contributed by atoms with Crippen molar-refractivity contribution in [1.82, 2.24) is 14.7 Å². The Bertz CT molecular complexity index is 1220. The average molecular weight is 491 g/mol. The Labute approximate surface area is 196 Å². The van der Waals surface area contributed by atoms with E-state index in [0.717, 1.165) is 9.87 Å². The predicted octanol–water partition coefficient (Wildman–Crippen LogP) is 4.04. The largest absolute Gasteiger partial charge is 0.272 e. The minimum absolute atomic E-state index is 0.0693. The number of nitrogens with zero attached hydrogens (tertiary/aromatic N) is 3. The zero-order chi connectivity index (χ0) is 23.1. The van der Waals surface area contributed by atoms with Crippen LogP contribution in [-0.2, 0) is 21.4 Å². The van der Waals surface area contributed by atoms with E-state index in [0.29, 0.717) is 21.2 Å². The number of halogens is 2. The summed E-state index contributed by atoms with van der Waals surface area (Å²) in [7, 11) is -4.00. The van der Waals surface area contributed by atoms with Crippen molar-refractivity contribution < 1.29 is 13.2 Å². The number of amides is 1. The van der Waals surface area contributed by atoms with Gasteiger partial charge in [-0.15, -0.1) is 0 Å².